The fourth-order valence-electron chi connectivity index (χ4n) is 6.50. The first-order valence-corrected chi connectivity index (χ1v) is 14.9. The number of rotatable bonds is 3. The van der Waals surface area contributed by atoms with Crippen LogP contribution in [0.25, 0.3) is 21.9 Å². The lowest BCUT2D eigenvalue weighted by atomic mass is 9.78. The lowest BCUT2D eigenvalue weighted by Crippen LogP contribution is -2.45. The number of hydrogen-bond acceptors (Lipinski definition) is 5. The summed E-state index contributed by atoms with van der Waals surface area (Å²) in [5, 5.41) is 2.34. The van der Waals surface area contributed by atoms with Crippen LogP contribution in [0.3, 0.4) is 0 Å². The van der Waals surface area contributed by atoms with Crippen molar-refractivity contribution in [2.24, 2.45) is 10.9 Å². The molecule has 0 spiro atoms. The maximum atomic E-state index is 13.1. The zero-order valence-electron chi connectivity index (χ0n) is 25.2. The number of amides is 1. The van der Waals surface area contributed by atoms with E-state index in [1.165, 1.54) is 22.1 Å². The monoisotopic (exact) mass is 550 g/mol. The number of nitrogens with zero attached hydrogens (tertiary/aromatic N) is 2. The van der Waals surface area contributed by atoms with Crippen molar-refractivity contribution in [2.75, 3.05) is 0 Å². The highest BCUT2D eigenvalue weighted by Gasteiger charge is 2.56. The molecule has 3 fully saturated rings. The quantitative estimate of drug-likeness (QED) is 0.336. The molecule has 0 aromatic heterocycles. The van der Waals surface area contributed by atoms with Gasteiger partial charge in [-0.15, -0.1) is 0 Å². The lowest BCUT2D eigenvalue weighted by Gasteiger charge is -2.32. The Morgan fingerprint density at radius 3 is 2.32 bits per heavy atom. The molecule has 0 radical (unpaired) electrons. The van der Waals surface area contributed by atoms with Gasteiger partial charge < -0.3 is 14.0 Å². The maximum absolute atomic E-state index is 13.1. The van der Waals surface area contributed by atoms with Crippen molar-refractivity contribution >= 4 is 40.8 Å². The Hall–Kier alpha value is -3.16. The number of fused-ring (bicyclic) bond motifs is 3. The first-order chi connectivity index (χ1) is 19.3. The normalized spacial score (nSPS) is 25.7. The second kappa shape index (κ2) is 8.92. The highest BCUT2D eigenvalue weighted by atomic mass is 16.7. The first-order valence-electron chi connectivity index (χ1n) is 14.9. The van der Waals surface area contributed by atoms with Crippen LogP contribution >= 0.6 is 0 Å². The van der Waals surface area contributed by atoms with Crippen LogP contribution in [0.1, 0.15) is 66.9 Å². The molecule has 7 heteroatoms. The van der Waals surface area contributed by atoms with E-state index in [0.717, 1.165) is 41.5 Å². The Kier molecular flexibility index (Phi) is 5.82. The Labute approximate surface area is 243 Å². The van der Waals surface area contributed by atoms with Gasteiger partial charge in [0, 0.05) is 18.2 Å². The van der Waals surface area contributed by atoms with E-state index in [9.17, 15) is 4.79 Å². The van der Waals surface area contributed by atoms with Crippen molar-refractivity contribution in [1.29, 1.82) is 0 Å². The standard InChI is InChI=1S/C34H39BN2O4/c1-32(2,3)39-31(38)37-29-18-25(29)19-30(37)28-17-24-15-22(11-13-27(24)36-28)20-8-9-23-16-26(12-10-21(23)14-20)35-40-33(4,5)34(6,7)41-35/h8-16,25,29-30H,17-19H2,1-7H3/t25-,29-,30+/m1/s1. The van der Waals surface area contributed by atoms with E-state index in [-0.39, 0.29) is 30.5 Å². The van der Waals surface area contributed by atoms with Gasteiger partial charge in [0.25, 0.3) is 0 Å². The molecule has 6 nitrogen and oxygen atoms in total. The number of carbonyl (C=O) groups excluding carboxylic acids is 1. The molecular weight excluding hydrogens is 511 g/mol. The molecular formula is C34H39BN2O4. The van der Waals surface area contributed by atoms with Gasteiger partial charge in [-0.2, -0.15) is 0 Å². The van der Waals surface area contributed by atoms with Crippen LogP contribution < -0.4 is 5.46 Å². The minimum Gasteiger partial charge on any atom is -0.444 e. The molecule has 1 saturated carbocycles. The van der Waals surface area contributed by atoms with Gasteiger partial charge in [-0.1, -0.05) is 36.4 Å². The second-order valence-corrected chi connectivity index (χ2v) is 14.2. The summed E-state index contributed by atoms with van der Waals surface area (Å²) >= 11 is 0. The summed E-state index contributed by atoms with van der Waals surface area (Å²) in [7, 11) is -0.369. The molecule has 41 heavy (non-hydrogen) atoms. The minimum absolute atomic E-state index is 0.0308. The van der Waals surface area contributed by atoms with Gasteiger partial charge in [0.1, 0.15) is 5.60 Å². The molecule has 3 aromatic carbocycles. The van der Waals surface area contributed by atoms with Crippen LogP contribution in [-0.4, -0.2) is 52.7 Å². The van der Waals surface area contributed by atoms with Gasteiger partial charge in [0.2, 0.25) is 0 Å². The van der Waals surface area contributed by atoms with Gasteiger partial charge in [0.15, 0.2) is 0 Å². The topological polar surface area (TPSA) is 60.4 Å². The van der Waals surface area contributed by atoms with Crippen molar-refractivity contribution in [1.82, 2.24) is 4.90 Å². The van der Waals surface area contributed by atoms with Crippen molar-refractivity contribution in [3.05, 3.63) is 60.2 Å². The smallest absolute Gasteiger partial charge is 0.444 e. The Morgan fingerprint density at radius 1 is 0.927 bits per heavy atom. The SMILES string of the molecule is CC(C)(C)OC(=O)N1[C@@H]2C[C@@H]2C[C@H]1C1=Nc2ccc(-c3ccc4cc(B5OC(C)(C)C(C)(C)O5)ccc4c3)cc2C1. The highest BCUT2D eigenvalue weighted by molar-refractivity contribution is 6.62. The van der Waals surface area contributed by atoms with Gasteiger partial charge in [-0.25, -0.2) is 4.79 Å². The third-order valence-electron chi connectivity index (χ3n) is 9.53. The Balaban J connectivity index is 1.09. The summed E-state index contributed by atoms with van der Waals surface area (Å²) in [5.74, 6) is 0.581. The van der Waals surface area contributed by atoms with Crippen LogP contribution in [0.2, 0.25) is 0 Å². The van der Waals surface area contributed by atoms with Crippen molar-refractivity contribution in [3.8, 4) is 11.1 Å². The van der Waals surface area contributed by atoms with E-state index < -0.39 is 5.60 Å². The molecule has 212 valence electrons. The van der Waals surface area contributed by atoms with Crippen LogP contribution in [0, 0.1) is 5.92 Å². The molecule has 0 N–H and O–H groups in total. The minimum atomic E-state index is -0.503. The van der Waals surface area contributed by atoms with Crippen molar-refractivity contribution < 1.29 is 18.8 Å². The van der Waals surface area contributed by atoms with Crippen molar-refractivity contribution in [3.63, 3.8) is 0 Å². The number of carbonyl (C=O) groups is 1. The first kappa shape index (κ1) is 26.7. The molecule has 1 amide bonds. The average Bonchev–Trinajstić information content (AvgIpc) is 3.24. The summed E-state index contributed by atoms with van der Waals surface area (Å²) in [5.41, 5.74) is 5.49. The number of piperidine rings is 1. The third kappa shape index (κ3) is 4.67. The zero-order chi connectivity index (χ0) is 28.9. The molecule has 3 aliphatic heterocycles. The van der Waals surface area contributed by atoms with E-state index in [1.54, 1.807) is 0 Å². The molecule has 0 unspecified atom stereocenters. The van der Waals surface area contributed by atoms with Crippen LogP contribution in [0.5, 0.6) is 0 Å². The third-order valence-corrected chi connectivity index (χ3v) is 9.53. The fraction of sp³-hybridized carbons (Fsp3) is 0.471. The molecule has 0 bridgehead atoms. The number of ether oxygens (including phenoxy) is 1. The van der Waals surface area contributed by atoms with E-state index in [0.29, 0.717) is 12.0 Å². The van der Waals surface area contributed by atoms with Gasteiger partial charge >= 0.3 is 13.2 Å². The molecule has 7 rings (SSSR count). The predicted molar refractivity (Wildman–Crippen MR) is 164 cm³/mol. The van der Waals surface area contributed by atoms with E-state index in [2.05, 4.69) is 82.3 Å². The average molecular weight is 551 g/mol. The fourth-order valence-corrected chi connectivity index (χ4v) is 6.50. The lowest BCUT2D eigenvalue weighted by molar-refractivity contribution is 0.00578. The molecule has 2 saturated heterocycles. The Morgan fingerprint density at radius 2 is 1.59 bits per heavy atom. The summed E-state index contributed by atoms with van der Waals surface area (Å²) in [6.45, 7) is 14.1. The van der Waals surface area contributed by atoms with E-state index in [1.807, 2.05) is 25.7 Å². The molecule has 4 aliphatic rings. The predicted octanol–water partition coefficient (Wildman–Crippen LogP) is 6.83. The van der Waals surface area contributed by atoms with Crippen molar-refractivity contribution in [2.45, 2.75) is 96.6 Å². The molecule has 3 atom stereocenters. The summed E-state index contributed by atoms with van der Waals surface area (Å²) in [6, 6.07) is 19.9. The summed E-state index contributed by atoms with van der Waals surface area (Å²) in [6.07, 6.45) is 2.64. The maximum Gasteiger partial charge on any atom is 0.494 e. The molecule has 3 aromatic rings. The van der Waals surface area contributed by atoms with Crippen LogP contribution in [0.15, 0.2) is 59.6 Å². The largest absolute Gasteiger partial charge is 0.494 e. The van der Waals surface area contributed by atoms with E-state index in [4.69, 9.17) is 19.0 Å². The number of hydrogen-bond donors (Lipinski definition) is 0. The zero-order valence-corrected chi connectivity index (χ0v) is 25.2. The van der Waals surface area contributed by atoms with E-state index >= 15 is 0 Å². The number of benzene rings is 3. The molecule has 3 heterocycles. The summed E-state index contributed by atoms with van der Waals surface area (Å²) < 4.78 is 18.3. The molecule has 1 aliphatic carbocycles. The number of likely N-dealkylation sites (tertiary alicyclic amines) is 1. The van der Waals surface area contributed by atoms with Crippen LogP contribution in [0.4, 0.5) is 10.5 Å². The summed E-state index contributed by atoms with van der Waals surface area (Å²) in [4.78, 5) is 20.1. The van der Waals surface area contributed by atoms with Gasteiger partial charge in [-0.05, 0) is 118 Å². The Bertz CT molecular complexity index is 1590. The number of aliphatic imine (C=N–C) groups is 1. The highest BCUT2D eigenvalue weighted by Crippen LogP contribution is 2.50. The van der Waals surface area contributed by atoms with Gasteiger partial charge in [-0.3, -0.25) is 9.89 Å². The second-order valence-electron chi connectivity index (χ2n) is 14.2. The van der Waals surface area contributed by atoms with Gasteiger partial charge in [0.05, 0.1) is 22.9 Å². The van der Waals surface area contributed by atoms with Crippen LogP contribution in [-0.2, 0) is 20.5 Å².